The zero-order valence-electron chi connectivity index (χ0n) is 33.1. The topological polar surface area (TPSA) is 18.5 Å². The van der Waals surface area contributed by atoms with E-state index in [4.69, 9.17) is 8.88 Å². The van der Waals surface area contributed by atoms with Gasteiger partial charge in [0.05, 0.1) is 0 Å². The van der Waals surface area contributed by atoms with Crippen LogP contribution in [0.3, 0.4) is 0 Å². The minimum atomic E-state index is -4.40. The Morgan fingerprint density at radius 2 is 0.433 bits per heavy atom. The molecule has 0 aliphatic carbocycles. The van der Waals surface area contributed by atoms with Crippen molar-refractivity contribution in [2.75, 3.05) is 0 Å². The molecule has 2 nitrogen and oxygen atoms in total. The Hall–Kier alpha value is -6.25. The molecule has 0 saturated carbocycles. The van der Waals surface area contributed by atoms with Gasteiger partial charge in [0, 0.05) is 0 Å². The molecule has 0 aromatic heterocycles. The van der Waals surface area contributed by atoms with Gasteiger partial charge < -0.3 is 0 Å². The molecule has 0 heterocycles. The van der Waals surface area contributed by atoms with E-state index >= 15 is 4.39 Å². The van der Waals surface area contributed by atoms with Gasteiger partial charge in [-0.1, -0.05) is 0 Å². The molecule has 9 aromatic carbocycles. The van der Waals surface area contributed by atoms with Crippen LogP contribution in [0.4, 0.5) is 4.39 Å². The van der Waals surface area contributed by atoms with E-state index in [1.807, 2.05) is 60.7 Å². The zero-order chi connectivity index (χ0) is 40.8. The first kappa shape index (κ1) is 39.2. The average Bonchev–Trinajstić information content (AvgIpc) is 3.35. The summed E-state index contributed by atoms with van der Waals surface area (Å²) in [6, 6.07) is 91.5. The second kappa shape index (κ2) is 16.4. The maximum atomic E-state index is 15.2. The first-order valence-corrected chi connectivity index (χ1v) is 24.5. The van der Waals surface area contributed by atoms with Gasteiger partial charge >= 0.3 is 355 Å². The van der Waals surface area contributed by atoms with E-state index < -0.39 is 20.8 Å². The van der Waals surface area contributed by atoms with E-state index in [0.717, 1.165) is 42.4 Å². The molecule has 6 heteroatoms. The molecular formula is C54H44BFO2P2. The Balaban J connectivity index is 1.50. The number of hydrogen-bond donors (Lipinski definition) is 0. The number of hydrogen-bond acceptors (Lipinski definition) is 2. The molecule has 292 valence electrons. The van der Waals surface area contributed by atoms with Crippen LogP contribution < -0.4 is 47.9 Å². The molecule has 0 bridgehead atoms. The predicted molar refractivity (Wildman–Crippen MR) is 256 cm³/mol. The first-order chi connectivity index (χ1) is 29.6. The van der Waals surface area contributed by atoms with Crippen molar-refractivity contribution in [3.05, 3.63) is 273 Å². The van der Waals surface area contributed by atoms with Crippen LogP contribution >= 0.6 is 13.7 Å². The minimum absolute atomic E-state index is 0.345. The molecule has 9 rings (SSSR count). The van der Waals surface area contributed by atoms with Crippen molar-refractivity contribution >= 4 is 68.7 Å². The molecule has 0 atom stereocenters. The van der Waals surface area contributed by atoms with Crippen molar-refractivity contribution in [3.8, 4) is 0 Å². The Kier molecular flexibility index (Phi) is 10.7. The van der Waals surface area contributed by atoms with Crippen LogP contribution in [-0.2, 0) is 8.88 Å². The standard InChI is InChI=1S/C54H44BFO2P2/c56-46-43-41-45(42-44-46)55(57-59(47-25-9-1-10-26-47,48-27-11-2-12-28-48,49-29-13-3-14-30-49)50-31-15-4-16-32-50)58-60(51-33-17-5-18-34-51,52-35-19-6-20-36-52,53-37-21-7-22-38-53)54-39-23-8-24-40-54/h1-44H. The third kappa shape index (κ3) is 6.11. The van der Waals surface area contributed by atoms with Gasteiger partial charge in [-0.3, -0.25) is 0 Å². The van der Waals surface area contributed by atoms with E-state index in [0.29, 0.717) is 5.46 Å². The molecule has 0 unspecified atom stereocenters. The van der Waals surface area contributed by atoms with Crippen LogP contribution in [0.25, 0.3) is 0 Å². The molecule has 0 spiro atoms. The van der Waals surface area contributed by atoms with Crippen molar-refractivity contribution in [2.24, 2.45) is 0 Å². The average molecular weight is 817 g/mol. The molecule has 0 aliphatic rings. The van der Waals surface area contributed by atoms with Crippen LogP contribution in [0.5, 0.6) is 0 Å². The maximum absolute atomic E-state index is 15.2. The second-order valence-electron chi connectivity index (χ2n) is 14.9. The summed E-state index contributed by atoms with van der Waals surface area (Å²) in [5.74, 6) is -0.345. The van der Waals surface area contributed by atoms with Crippen molar-refractivity contribution in [1.82, 2.24) is 0 Å². The fraction of sp³-hybridized carbons (Fsp3) is 0. The third-order valence-corrected chi connectivity index (χ3v) is 23.2. The van der Waals surface area contributed by atoms with Crippen molar-refractivity contribution in [2.45, 2.75) is 0 Å². The molecule has 0 N–H and O–H groups in total. The van der Waals surface area contributed by atoms with Crippen LogP contribution in [0.2, 0.25) is 0 Å². The SMILES string of the molecule is Fc1ccc(B(OP(c2ccccc2)(c2ccccc2)(c2ccccc2)c2ccccc2)OP(c2ccccc2)(c2ccccc2)(c2ccccc2)c2ccccc2)cc1. The Morgan fingerprint density at radius 1 is 0.250 bits per heavy atom. The summed E-state index contributed by atoms with van der Waals surface area (Å²) in [6.45, 7) is -8.80. The summed E-state index contributed by atoms with van der Waals surface area (Å²) < 4.78 is 32.4. The van der Waals surface area contributed by atoms with E-state index in [9.17, 15) is 0 Å². The van der Waals surface area contributed by atoms with Gasteiger partial charge in [-0.05, 0) is 0 Å². The predicted octanol–water partition coefficient (Wildman–Crippen LogP) is 9.09. The second-order valence-corrected chi connectivity index (χ2v) is 23.5. The van der Waals surface area contributed by atoms with Crippen molar-refractivity contribution < 1.29 is 13.3 Å². The summed E-state index contributed by atoms with van der Waals surface area (Å²) in [4.78, 5) is 0. The van der Waals surface area contributed by atoms with Gasteiger partial charge in [0.2, 0.25) is 0 Å². The molecule has 60 heavy (non-hydrogen) atoms. The van der Waals surface area contributed by atoms with E-state index in [1.54, 1.807) is 0 Å². The molecule has 0 aliphatic heterocycles. The molecule has 0 saturated heterocycles. The van der Waals surface area contributed by atoms with Gasteiger partial charge in [0.1, 0.15) is 0 Å². The Morgan fingerprint density at radius 3 is 0.617 bits per heavy atom. The summed E-state index contributed by atoms with van der Waals surface area (Å²) in [6.07, 6.45) is 0. The molecule has 0 amide bonds. The number of benzene rings is 9. The van der Waals surface area contributed by atoms with Gasteiger partial charge in [0.15, 0.2) is 0 Å². The van der Waals surface area contributed by atoms with Crippen LogP contribution in [-0.4, -0.2) is 7.12 Å². The normalized spacial score (nSPS) is 12.9. The number of halogens is 1. The fourth-order valence-electron chi connectivity index (χ4n) is 9.12. The molecule has 9 aromatic rings. The molecular weight excluding hydrogens is 772 g/mol. The van der Waals surface area contributed by atoms with Crippen LogP contribution in [0, 0.1) is 5.82 Å². The third-order valence-electron chi connectivity index (χ3n) is 11.7. The van der Waals surface area contributed by atoms with E-state index in [-0.39, 0.29) is 5.82 Å². The van der Waals surface area contributed by atoms with Gasteiger partial charge in [0.25, 0.3) is 0 Å². The van der Waals surface area contributed by atoms with Crippen LogP contribution in [0.1, 0.15) is 0 Å². The van der Waals surface area contributed by atoms with Gasteiger partial charge in [-0.25, -0.2) is 0 Å². The summed E-state index contributed by atoms with van der Waals surface area (Å²) >= 11 is 0. The Labute approximate surface area is 353 Å². The number of rotatable bonds is 13. The van der Waals surface area contributed by atoms with Crippen molar-refractivity contribution in [3.63, 3.8) is 0 Å². The summed E-state index contributed by atoms with van der Waals surface area (Å²) in [5, 5.41) is 8.01. The van der Waals surface area contributed by atoms with E-state index in [1.165, 1.54) is 12.1 Å². The van der Waals surface area contributed by atoms with Crippen molar-refractivity contribution in [1.29, 1.82) is 0 Å². The summed E-state index contributed by atoms with van der Waals surface area (Å²) in [7, 11) is -1.11. The quantitative estimate of drug-likeness (QED) is 0.0855. The zero-order valence-corrected chi connectivity index (χ0v) is 34.9. The molecule has 0 radical (unpaired) electrons. The Bertz CT molecular complexity index is 2250. The first-order valence-electron chi connectivity index (χ1n) is 20.2. The monoisotopic (exact) mass is 816 g/mol. The fourth-order valence-corrected chi connectivity index (χ4v) is 20.8. The summed E-state index contributed by atoms with van der Waals surface area (Å²) in [5.41, 5.74) is 0.678. The van der Waals surface area contributed by atoms with Gasteiger partial charge in [-0.2, -0.15) is 0 Å². The molecule has 0 fully saturated rings. The van der Waals surface area contributed by atoms with Crippen LogP contribution in [0.15, 0.2) is 267 Å². The van der Waals surface area contributed by atoms with Gasteiger partial charge in [-0.15, -0.1) is 0 Å². The van der Waals surface area contributed by atoms with E-state index in [2.05, 4.69) is 194 Å².